The summed E-state index contributed by atoms with van der Waals surface area (Å²) in [6.45, 7) is 6.60. The first-order valence-electron chi connectivity index (χ1n) is 29.3. The first-order chi connectivity index (χ1) is 33.5. The number of carbonyl (C=O) groups is 3. The Bertz CT molecular complexity index is 1230. The maximum Gasteiger partial charge on any atom is 0.306 e. The number of ether oxygens (including phenoxy) is 3. The average Bonchev–Trinajstić information content (AvgIpc) is 3.34. The number of esters is 3. The number of unbranched alkanes of at least 4 members (excludes halogenated alkanes) is 32. The Kier molecular flexibility index (Phi) is 54.3. The molecule has 0 N–H and O–H groups in total. The Morgan fingerprint density at radius 2 is 0.529 bits per heavy atom. The molecule has 0 aromatic carbocycles. The maximum absolute atomic E-state index is 12.8. The van der Waals surface area contributed by atoms with Crippen LogP contribution in [0.15, 0.2) is 60.8 Å². The van der Waals surface area contributed by atoms with Crippen molar-refractivity contribution >= 4 is 17.9 Å². The molecule has 0 radical (unpaired) electrons. The molecule has 0 saturated carbocycles. The van der Waals surface area contributed by atoms with Crippen LogP contribution in [0, 0.1) is 0 Å². The third-order valence-electron chi connectivity index (χ3n) is 12.7. The lowest BCUT2D eigenvalue weighted by atomic mass is 10.1. The minimum Gasteiger partial charge on any atom is -0.462 e. The van der Waals surface area contributed by atoms with Gasteiger partial charge in [-0.3, -0.25) is 14.4 Å². The van der Waals surface area contributed by atoms with Gasteiger partial charge in [-0.15, -0.1) is 0 Å². The molecule has 0 aromatic heterocycles. The van der Waals surface area contributed by atoms with Crippen LogP contribution < -0.4 is 0 Å². The maximum atomic E-state index is 12.8. The number of carbonyl (C=O) groups excluding carboxylic acids is 3. The normalized spacial score (nSPS) is 12.5. The Labute approximate surface area is 421 Å². The first-order valence-corrected chi connectivity index (χ1v) is 29.3. The molecule has 0 spiro atoms. The van der Waals surface area contributed by atoms with Gasteiger partial charge in [0, 0.05) is 19.3 Å². The predicted molar refractivity (Wildman–Crippen MR) is 293 cm³/mol. The summed E-state index contributed by atoms with van der Waals surface area (Å²) in [4.78, 5) is 38.1. The quantitative estimate of drug-likeness (QED) is 0.0262. The minimum absolute atomic E-state index is 0.0781. The van der Waals surface area contributed by atoms with Gasteiger partial charge in [-0.05, 0) is 89.9 Å². The summed E-state index contributed by atoms with van der Waals surface area (Å²) in [5.41, 5.74) is 0. The van der Waals surface area contributed by atoms with Crippen molar-refractivity contribution in [3.05, 3.63) is 60.8 Å². The van der Waals surface area contributed by atoms with Gasteiger partial charge in [0.25, 0.3) is 0 Å². The molecule has 6 nitrogen and oxygen atoms in total. The van der Waals surface area contributed by atoms with Crippen molar-refractivity contribution in [1.82, 2.24) is 0 Å². The molecule has 68 heavy (non-hydrogen) atoms. The number of rotatable bonds is 53. The van der Waals surface area contributed by atoms with Crippen molar-refractivity contribution in [3.63, 3.8) is 0 Å². The second kappa shape index (κ2) is 56.7. The van der Waals surface area contributed by atoms with Gasteiger partial charge in [0.1, 0.15) is 13.2 Å². The smallest absolute Gasteiger partial charge is 0.306 e. The fourth-order valence-electron chi connectivity index (χ4n) is 8.30. The van der Waals surface area contributed by atoms with Crippen molar-refractivity contribution in [2.24, 2.45) is 0 Å². The zero-order chi connectivity index (χ0) is 49.3. The number of hydrogen-bond acceptors (Lipinski definition) is 6. The van der Waals surface area contributed by atoms with Gasteiger partial charge in [-0.25, -0.2) is 0 Å². The van der Waals surface area contributed by atoms with Gasteiger partial charge in [0.05, 0.1) is 0 Å². The molecule has 0 bridgehead atoms. The topological polar surface area (TPSA) is 78.9 Å². The molecule has 0 rings (SSSR count). The van der Waals surface area contributed by atoms with Gasteiger partial charge < -0.3 is 14.2 Å². The van der Waals surface area contributed by atoms with Crippen LogP contribution >= 0.6 is 0 Å². The van der Waals surface area contributed by atoms with E-state index < -0.39 is 6.10 Å². The van der Waals surface area contributed by atoms with E-state index in [1.807, 2.05) is 0 Å². The van der Waals surface area contributed by atoms with E-state index in [0.717, 1.165) is 83.5 Å². The van der Waals surface area contributed by atoms with E-state index >= 15 is 0 Å². The Morgan fingerprint density at radius 1 is 0.294 bits per heavy atom. The second-order valence-corrected chi connectivity index (χ2v) is 19.6. The molecule has 6 heteroatoms. The van der Waals surface area contributed by atoms with Crippen LogP contribution in [-0.2, 0) is 28.6 Å². The predicted octanol–water partition coefficient (Wildman–Crippen LogP) is 19.6. The molecule has 0 heterocycles. The molecule has 0 saturated heterocycles. The minimum atomic E-state index is -0.780. The largest absolute Gasteiger partial charge is 0.462 e. The van der Waals surface area contributed by atoms with Crippen molar-refractivity contribution in [1.29, 1.82) is 0 Å². The van der Waals surface area contributed by atoms with E-state index in [9.17, 15) is 14.4 Å². The van der Waals surface area contributed by atoms with Gasteiger partial charge in [0.15, 0.2) is 6.10 Å². The fraction of sp³-hybridized carbons (Fsp3) is 0.790. The molecular weight excluding hydrogens is 841 g/mol. The lowest BCUT2D eigenvalue weighted by Gasteiger charge is -2.18. The Morgan fingerprint density at radius 3 is 0.853 bits per heavy atom. The summed E-state index contributed by atoms with van der Waals surface area (Å²) < 4.78 is 16.8. The summed E-state index contributed by atoms with van der Waals surface area (Å²) >= 11 is 0. The van der Waals surface area contributed by atoms with Crippen LogP contribution in [-0.4, -0.2) is 37.2 Å². The first kappa shape index (κ1) is 65.1. The molecule has 0 aliphatic rings. The molecule has 0 amide bonds. The third-order valence-corrected chi connectivity index (χ3v) is 12.7. The highest BCUT2D eigenvalue weighted by Crippen LogP contribution is 2.15. The van der Waals surface area contributed by atoms with Crippen LogP contribution in [0.1, 0.15) is 297 Å². The van der Waals surface area contributed by atoms with Gasteiger partial charge >= 0.3 is 17.9 Å². The SMILES string of the molecule is CCCCC/C=C\C/C=C\CCCCCCCCCCCC(=O)OC(COC(=O)CCCCCCCC/C=C\C/C=C\C/C=C\CCCCCCC)COC(=O)CCCCCCCCCCCC. The lowest BCUT2D eigenvalue weighted by Crippen LogP contribution is -2.30. The summed E-state index contributed by atoms with van der Waals surface area (Å²) in [5.74, 6) is -0.886. The van der Waals surface area contributed by atoms with Crippen LogP contribution in [0.25, 0.3) is 0 Å². The van der Waals surface area contributed by atoms with Crippen LogP contribution in [0.5, 0.6) is 0 Å². The van der Waals surface area contributed by atoms with E-state index in [1.165, 1.54) is 173 Å². The van der Waals surface area contributed by atoms with Gasteiger partial charge in [-0.2, -0.15) is 0 Å². The monoisotopic (exact) mass is 951 g/mol. The molecule has 394 valence electrons. The highest BCUT2D eigenvalue weighted by atomic mass is 16.6. The summed E-state index contributed by atoms with van der Waals surface area (Å²) in [5, 5.41) is 0. The fourth-order valence-corrected chi connectivity index (χ4v) is 8.30. The van der Waals surface area contributed by atoms with Gasteiger partial charge in [0.2, 0.25) is 0 Å². The Hall–Kier alpha value is -2.89. The Balaban J connectivity index is 4.32. The molecule has 1 unspecified atom stereocenters. The van der Waals surface area contributed by atoms with Crippen LogP contribution in [0.2, 0.25) is 0 Å². The molecule has 0 fully saturated rings. The van der Waals surface area contributed by atoms with Crippen molar-refractivity contribution in [2.45, 2.75) is 303 Å². The van der Waals surface area contributed by atoms with Crippen molar-refractivity contribution in [3.8, 4) is 0 Å². The summed E-state index contributed by atoms with van der Waals surface area (Å²) in [6.07, 6.45) is 70.7. The number of hydrogen-bond donors (Lipinski definition) is 0. The average molecular weight is 952 g/mol. The highest BCUT2D eigenvalue weighted by molar-refractivity contribution is 5.71. The van der Waals surface area contributed by atoms with Gasteiger partial charge in [-0.1, -0.05) is 248 Å². The van der Waals surface area contributed by atoms with E-state index in [2.05, 4.69) is 81.5 Å². The van der Waals surface area contributed by atoms with Crippen molar-refractivity contribution in [2.75, 3.05) is 13.2 Å². The third kappa shape index (κ3) is 54.1. The summed E-state index contributed by atoms with van der Waals surface area (Å²) in [6, 6.07) is 0. The molecule has 1 atom stereocenters. The number of allylic oxidation sites excluding steroid dienone is 10. The highest BCUT2D eigenvalue weighted by Gasteiger charge is 2.19. The van der Waals surface area contributed by atoms with E-state index in [0.29, 0.717) is 19.3 Å². The van der Waals surface area contributed by atoms with E-state index in [-0.39, 0.29) is 31.1 Å². The van der Waals surface area contributed by atoms with Crippen LogP contribution in [0.3, 0.4) is 0 Å². The zero-order valence-corrected chi connectivity index (χ0v) is 45.1. The van der Waals surface area contributed by atoms with Crippen LogP contribution in [0.4, 0.5) is 0 Å². The molecule has 0 aromatic rings. The van der Waals surface area contributed by atoms with E-state index in [4.69, 9.17) is 14.2 Å². The second-order valence-electron chi connectivity index (χ2n) is 19.6. The standard InChI is InChI=1S/C62H110O6/c1-4-7-10-13-16-19-22-24-26-28-30-31-33-34-36-38-40-43-46-49-52-55-61(64)67-58-59(57-66-60(63)54-51-48-45-42-21-18-15-12-9-6-3)68-62(65)56-53-50-47-44-41-39-37-35-32-29-27-25-23-20-17-14-11-8-5-2/h17,20,22,24-25,27-28,30,33-34,59H,4-16,18-19,21,23,26,29,31-32,35-58H2,1-3H3/b20-17-,24-22-,27-25-,30-28-,34-33-. The summed E-state index contributed by atoms with van der Waals surface area (Å²) in [7, 11) is 0. The molecule has 0 aliphatic heterocycles. The zero-order valence-electron chi connectivity index (χ0n) is 45.1. The lowest BCUT2D eigenvalue weighted by molar-refractivity contribution is -0.167. The molecular formula is C62H110O6. The van der Waals surface area contributed by atoms with Crippen molar-refractivity contribution < 1.29 is 28.6 Å². The van der Waals surface area contributed by atoms with E-state index in [1.54, 1.807) is 0 Å². The molecule has 0 aliphatic carbocycles.